The van der Waals surface area contributed by atoms with Crippen LogP contribution in [0.5, 0.6) is 5.75 Å². The number of nitrogens with zero attached hydrogens (tertiary/aromatic N) is 2. The molecule has 0 N–H and O–H groups in total. The fraction of sp³-hybridized carbons (Fsp3) is 0.444. The molecule has 11 heteroatoms. The van der Waals surface area contributed by atoms with Crippen molar-refractivity contribution in [1.82, 2.24) is 4.90 Å². The van der Waals surface area contributed by atoms with E-state index in [2.05, 4.69) is 0 Å². The van der Waals surface area contributed by atoms with Crippen LogP contribution in [0.4, 0.5) is 10.5 Å². The number of hydrogen-bond donors (Lipinski definition) is 0. The SMILES string of the molecule is COC(=O)O[C@@]12[C@@H](c3ccc([N+](=O)[O-])cc3)OC(=O)[C@]1(C)C(=O)N(Cc1ccc(OC)cc1)[C@H]2CC(C)C. The summed E-state index contributed by atoms with van der Waals surface area (Å²) in [6.45, 7) is 5.47. The highest BCUT2D eigenvalue weighted by atomic mass is 16.7. The lowest BCUT2D eigenvalue weighted by Crippen LogP contribution is -2.56. The van der Waals surface area contributed by atoms with Gasteiger partial charge in [-0.25, -0.2) is 4.79 Å². The van der Waals surface area contributed by atoms with Crippen molar-refractivity contribution in [1.29, 1.82) is 0 Å². The Morgan fingerprint density at radius 2 is 1.74 bits per heavy atom. The molecule has 2 aliphatic rings. The second-order valence-electron chi connectivity index (χ2n) is 10.0. The van der Waals surface area contributed by atoms with Crippen LogP contribution in [0.15, 0.2) is 48.5 Å². The second-order valence-corrected chi connectivity index (χ2v) is 10.0. The molecule has 0 spiro atoms. The van der Waals surface area contributed by atoms with Crippen LogP contribution in [0.1, 0.15) is 44.4 Å². The molecule has 0 aliphatic carbocycles. The van der Waals surface area contributed by atoms with Crippen molar-refractivity contribution >= 4 is 23.7 Å². The number of cyclic esters (lactones) is 1. The Balaban J connectivity index is 1.89. The number of nitro benzene ring substituents is 1. The highest BCUT2D eigenvalue weighted by Gasteiger charge is 2.81. The van der Waals surface area contributed by atoms with Gasteiger partial charge in [-0.2, -0.15) is 0 Å². The summed E-state index contributed by atoms with van der Waals surface area (Å²) in [5.74, 6) is -0.714. The normalized spacial score (nSPS) is 26.2. The molecule has 2 saturated heterocycles. The number of ether oxygens (including phenoxy) is 4. The number of carbonyl (C=O) groups is 3. The first-order valence-corrected chi connectivity index (χ1v) is 12.2. The molecule has 4 rings (SSSR count). The van der Waals surface area contributed by atoms with E-state index in [1.165, 1.54) is 31.2 Å². The van der Waals surface area contributed by atoms with Gasteiger partial charge in [0.05, 0.1) is 25.2 Å². The summed E-state index contributed by atoms with van der Waals surface area (Å²) in [6.07, 6.45) is -1.92. The molecule has 0 radical (unpaired) electrons. The van der Waals surface area contributed by atoms with E-state index >= 15 is 0 Å². The number of methoxy groups -OCH3 is 2. The van der Waals surface area contributed by atoms with Crippen LogP contribution in [0.25, 0.3) is 0 Å². The molecular weight excluding hydrogens is 496 g/mol. The van der Waals surface area contributed by atoms with E-state index in [-0.39, 0.29) is 18.2 Å². The Morgan fingerprint density at radius 3 is 2.26 bits per heavy atom. The number of amides is 1. The number of rotatable bonds is 8. The summed E-state index contributed by atoms with van der Waals surface area (Å²) in [7, 11) is 2.69. The van der Waals surface area contributed by atoms with Crippen molar-refractivity contribution in [2.75, 3.05) is 14.2 Å². The first-order valence-electron chi connectivity index (χ1n) is 12.2. The minimum atomic E-state index is -1.89. The molecule has 4 atom stereocenters. The monoisotopic (exact) mass is 526 g/mol. The molecule has 1 amide bonds. The zero-order valence-electron chi connectivity index (χ0n) is 21.8. The number of fused-ring (bicyclic) bond motifs is 1. The van der Waals surface area contributed by atoms with Crippen LogP contribution in [-0.2, 0) is 30.3 Å². The third kappa shape index (κ3) is 4.11. The zero-order valence-corrected chi connectivity index (χ0v) is 21.8. The molecule has 38 heavy (non-hydrogen) atoms. The lowest BCUT2D eigenvalue weighted by Gasteiger charge is -2.40. The average Bonchev–Trinajstić information content (AvgIpc) is 3.22. The van der Waals surface area contributed by atoms with E-state index < -0.39 is 46.1 Å². The Morgan fingerprint density at radius 1 is 1.11 bits per heavy atom. The molecule has 2 heterocycles. The maximum absolute atomic E-state index is 14.1. The first kappa shape index (κ1) is 26.9. The summed E-state index contributed by atoms with van der Waals surface area (Å²) in [4.78, 5) is 52.5. The molecule has 0 unspecified atom stereocenters. The molecular formula is C27H30N2O9. The maximum Gasteiger partial charge on any atom is 0.508 e. The van der Waals surface area contributed by atoms with Gasteiger partial charge in [0.15, 0.2) is 11.5 Å². The van der Waals surface area contributed by atoms with Gasteiger partial charge in [0.1, 0.15) is 5.75 Å². The average molecular weight is 527 g/mol. The van der Waals surface area contributed by atoms with Gasteiger partial charge in [-0.1, -0.05) is 26.0 Å². The second kappa shape index (κ2) is 9.96. The van der Waals surface area contributed by atoms with E-state index in [1.807, 2.05) is 26.0 Å². The van der Waals surface area contributed by atoms with Gasteiger partial charge in [-0.05, 0) is 54.7 Å². The highest BCUT2D eigenvalue weighted by molar-refractivity contribution is 6.08. The number of hydrogen-bond acceptors (Lipinski definition) is 9. The topological polar surface area (TPSA) is 135 Å². The van der Waals surface area contributed by atoms with Crippen LogP contribution in [0.2, 0.25) is 0 Å². The molecule has 0 saturated carbocycles. The Labute approximate surface area is 219 Å². The summed E-state index contributed by atoms with van der Waals surface area (Å²) in [5.41, 5.74) is -2.72. The minimum Gasteiger partial charge on any atom is -0.497 e. The number of likely N-dealkylation sites (tertiary alicyclic amines) is 1. The molecule has 2 aromatic rings. The quantitative estimate of drug-likeness (QED) is 0.215. The maximum atomic E-state index is 14.1. The van der Waals surface area contributed by atoms with Gasteiger partial charge >= 0.3 is 12.1 Å². The van der Waals surface area contributed by atoms with Crippen molar-refractivity contribution < 1.29 is 38.3 Å². The van der Waals surface area contributed by atoms with Crippen molar-refractivity contribution in [3.05, 3.63) is 69.8 Å². The highest BCUT2D eigenvalue weighted by Crippen LogP contribution is 2.61. The van der Waals surface area contributed by atoms with Crippen LogP contribution in [-0.4, -0.2) is 53.7 Å². The summed E-state index contributed by atoms with van der Waals surface area (Å²) < 4.78 is 21.8. The Hall–Kier alpha value is -4.15. The van der Waals surface area contributed by atoms with Crippen molar-refractivity contribution in [3.63, 3.8) is 0 Å². The predicted molar refractivity (Wildman–Crippen MR) is 133 cm³/mol. The number of benzene rings is 2. The summed E-state index contributed by atoms with van der Waals surface area (Å²) in [6, 6.07) is 11.8. The Bertz CT molecular complexity index is 1240. The predicted octanol–water partition coefficient (Wildman–Crippen LogP) is 4.19. The molecule has 2 aromatic carbocycles. The molecule has 0 bridgehead atoms. The third-order valence-electron chi connectivity index (χ3n) is 7.40. The van der Waals surface area contributed by atoms with E-state index in [0.717, 1.165) is 12.7 Å². The molecule has 2 aliphatic heterocycles. The number of esters is 1. The van der Waals surface area contributed by atoms with Gasteiger partial charge in [-0.15, -0.1) is 0 Å². The fourth-order valence-corrected chi connectivity index (χ4v) is 5.50. The van der Waals surface area contributed by atoms with Crippen molar-refractivity contribution in [2.45, 2.75) is 51.5 Å². The summed E-state index contributed by atoms with van der Waals surface area (Å²) in [5, 5.41) is 11.2. The zero-order chi connectivity index (χ0) is 27.8. The van der Waals surface area contributed by atoms with Crippen LogP contribution >= 0.6 is 0 Å². The van der Waals surface area contributed by atoms with Crippen molar-refractivity contribution in [3.8, 4) is 5.75 Å². The molecule has 11 nitrogen and oxygen atoms in total. The molecule has 2 fully saturated rings. The van der Waals surface area contributed by atoms with Gasteiger partial charge in [0.25, 0.3) is 5.69 Å². The van der Waals surface area contributed by atoms with Gasteiger partial charge in [0, 0.05) is 18.7 Å². The largest absolute Gasteiger partial charge is 0.508 e. The van der Waals surface area contributed by atoms with Crippen molar-refractivity contribution in [2.24, 2.45) is 11.3 Å². The van der Waals surface area contributed by atoms with E-state index in [0.29, 0.717) is 17.7 Å². The standard InChI is InChI=1S/C27H30N2O9/c1-16(2)14-21-27(38-25(32)36-5)22(18-8-10-19(11-9-18)29(33)34)37-24(31)26(27,3)23(30)28(21)15-17-6-12-20(35-4)13-7-17/h6-13,16,21-22H,14-15H2,1-5H3/t21-,22+,26-,27-/m0/s1. The lowest BCUT2D eigenvalue weighted by molar-refractivity contribution is -0.384. The lowest BCUT2D eigenvalue weighted by atomic mass is 9.68. The van der Waals surface area contributed by atoms with Crippen LogP contribution in [0.3, 0.4) is 0 Å². The van der Waals surface area contributed by atoms with E-state index in [1.54, 1.807) is 24.1 Å². The van der Waals surface area contributed by atoms with Crippen LogP contribution < -0.4 is 4.74 Å². The van der Waals surface area contributed by atoms with E-state index in [4.69, 9.17) is 18.9 Å². The summed E-state index contributed by atoms with van der Waals surface area (Å²) >= 11 is 0. The van der Waals surface area contributed by atoms with Gasteiger partial charge in [-0.3, -0.25) is 19.7 Å². The Kier molecular flexibility index (Phi) is 7.05. The van der Waals surface area contributed by atoms with Gasteiger partial charge in [0.2, 0.25) is 11.5 Å². The minimum absolute atomic E-state index is 0.0276. The van der Waals surface area contributed by atoms with E-state index in [9.17, 15) is 24.5 Å². The fourth-order valence-electron chi connectivity index (χ4n) is 5.50. The number of nitro groups is 1. The van der Waals surface area contributed by atoms with Gasteiger partial charge < -0.3 is 23.8 Å². The smallest absolute Gasteiger partial charge is 0.497 e. The number of non-ortho nitro benzene ring substituents is 1. The third-order valence-corrected chi connectivity index (χ3v) is 7.40. The molecule has 0 aromatic heterocycles. The first-order chi connectivity index (χ1) is 18.0. The van der Waals surface area contributed by atoms with Crippen LogP contribution in [0, 0.1) is 21.4 Å². The number of carbonyl (C=O) groups excluding carboxylic acids is 3. The molecule has 202 valence electrons.